The first kappa shape index (κ1) is 7.28. The van der Waals surface area contributed by atoms with Gasteiger partial charge in [-0.15, -0.1) is 0 Å². The van der Waals surface area contributed by atoms with Crippen LogP contribution in [0.3, 0.4) is 0 Å². The van der Waals surface area contributed by atoms with Crippen molar-refractivity contribution >= 4 is 0 Å². The van der Waals surface area contributed by atoms with E-state index in [0.29, 0.717) is 13.2 Å². The molecule has 0 radical (unpaired) electrons. The maximum Gasteiger partial charge on any atom is 0.188 e. The Morgan fingerprint density at radius 3 is 2.64 bits per heavy atom. The zero-order chi connectivity index (χ0) is 7.73. The maximum absolute atomic E-state index is 5.69. The molecule has 2 rings (SSSR count). The van der Waals surface area contributed by atoms with Gasteiger partial charge in [0.25, 0.3) is 0 Å². The van der Waals surface area contributed by atoms with Crippen molar-refractivity contribution < 1.29 is 9.47 Å². The van der Waals surface area contributed by atoms with Crippen molar-refractivity contribution in [3.05, 3.63) is 12.2 Å². The van der Waals surface area contributed by atoms with Gasteiger partial charge in [-0.3, -0.25) is 0 Å². The largest absolute Gasteiger partial charge is 0.344 e. The first-order valence-electron chi connectivity index (χ1n) is 4.04. The fraction of sp³-hybridized carbons (Fsp3) is 0.750. The quantitative estimate of drug-likeness (QED) is 0.515. The van der Waals surface area contributed by atoms with Gasteiger partial charge in [-0.1, -0.05) is 6.08 Å². The third-order valence-corrected chi connectivity index (χ3v) is 2.20. The van der Waals surface area contributed by atoms with Crippen molar-refractivity contribution in [1.29, 1.82) is 0 Å². The lowest BCUT2D eigenvalue weighted by atomic mass is 9.98. The van der Waals surface area contributed by atoms with Crippen molar-refractivity contribution in [1.82, 2.24) is 0 Å². The van der Waals surface area contributed by atoms with E-state index in [9.17, 15) is 0 Å². The molecule has 1 fully saturated rings. The molecule has 0 aromatic heterocycles. The van der Waals surface area contributed by atoms with E-state index in [2.05, 4.69) is 0 Å². The molecule has 2 N–H and O–H groups in total. The summed E-state index contributed by atoms with van der Waals surface area (Å²) in [5, 5.41) is 0. The number of nitrogens with two attached hydrogens (primary N) is 1. The van der Waals surface area contributed by atoms with Crippen LogP contribution in [-0.4, -0.2) is 25.0 Å². The topological polar surface area (TPSA) is 44.5 Å². The van der Waals surface area contributed by atoms with Crippen LogP contribution in [0.4, 0.5) is 0 Å². The van der Waals surface area contributed by atoms with E-state index in [1.165, 1.54) is 0 Å². The number of rotatable bonds is 0. The van der Waals surface area contributed by atoms with E-state index in [1.807, 2.05) is 12.2 Å². The summed E-state index contributed by atoms with van der Waals surface area (Å²) in [5.41, 5.74) is 5.69. The van der Waals surface area contributed by atoms with Gasteiger partial charge in [0, 0.05) is 12.5 Å². The van der Waals surface area contributed by atoms with Gasteiger partial charge < -0.3 is 15.2 Å². The molecule has 1 unspecified atom stereocenters. The lowest BCUT2D eigenvalue weighted by Gasteiger charge is -2.28. The molecule has 1 spiro atoms. The zero-order valence-corrected chi connectivity index (χ0v) is 6.45. The van der Waals surface area contributed by atoms with Gasteiger partial charge >= 0.3 is 0 Å². The molecule has 1 saturated heterocycles. The second kappa shape index (κ2) is 2.59. The number of hydrogen-bond donors (Lipinski definition) is 1. The van der Waals surface area contributed by atoms with Gasteiger partial charge in [0.15, 0.2) is 5.79 Å². The molecule has 3 nitrogen and oxygen atoms in total. The average molecular weight is 155 g/mol. The van der Waals surface area contributed by atoms with Crippen LogP contribution in [0.15, 0.2) is 12.2 Å². The average Bonchev–Trinajstić information content (AvgIpc) is 2.45. The first-order valence-corrected chi connectivity index (χ1v) is 4.04. The molecule has 0 aromatic rings. The highest BCUT2D eigenvalue weighted by Gasteiger charge is 2.35. The minimum atomic E-state index is -0.407. The molecule has 0 saturated carbocycles. The van der Waals surface area contributed by atoms with Gasteiger partial charge in [-0.2, -0.15) is 0 Å². The Kier molecular flexibility index (Phi) is 1.71. The summed E-state index contributed by atoms with van der Waals surface area (Å²) < 4.78 is 10.9. The molecule has 1 aliphatic carbocycles. The summed E-state index contributed by atoms with van der Waals surface area (Å²) in [6.45, 7) is 1.42. The molecule has 1 heterocycles. The highest BCUT2D eigenvalue weighted by atomic mass is 16.7. The Morgan fingerprint density at radius 2 is 2.09 bits per heavy atom. The van der Waals surface area contributed by atoms with Crippen LogP contribution in [0.25, 0.3) is 0 Å². The standard InChI is InChI=1S/C8H13NO2/c9-7-1-3-8(4-2-7)10-5-6-11-8/h1,3,7H,2,4-6,9H2. The highest BCUT2D eigenvalue weighted by Crippen LogP contribution is 2.30. The highest BCUT2D eigenvalue weighted by molar-refractivity contribution is 5.07. The Balaban J connectivity index is 2.09. The smallest absolute Gasteiger partial charge is 0.188 e. The van der Waals surface area contributed by atoms with E-state index in [0.717, 1.165) is 12.8 Å². The molecule has 1 atom stereocenters. The summed E-state index contributed by atoms with van der Waals surface area (Å²) in [5.74, 6) is -0.407. The molecule has 2 aliphatic rings. The van der Waals surface area contributed by atoms with E-state index in [4.69, 9.17) is 15.2 Å². The second-order valence-corrected chi connectivity index (χ2v) is 3.07. The monoisotopic (exact) mass is 155 g/mol. The fourth-order valence-electron chi connectivity index (χ4n) is 1.53. The van der Waals surface area contributed by atoms with Gasteiger partial charge in [0.1, 0.15) is 0 Å². The van der Waals surface area contributed by atoms with Crippen LogP contribution in [-0.2, 0) is 9.47 Å². The Hall–Kier alpha value is -0.380. The predicted octanol–water partition coefficient (Wildman–Crippen LogP) is 0.407. The second-order valence-electron chi connectivity index (χ2n) is 3.07. The van der Waals surface area contributed by atoms with Crippen molar-refractivity contribution in [2.24, 2.45) is 5.73 Å². The third kappa shape index (κ3) is 1.31. The fourth-order valence-corrected chi connectivity index (χ4v) is 1.53. The Morgan fingerprint density at radius 1 is 1.36 bits per heavy atom. The first-order chi connectivity index (χ1) is 5.31. The number of ether oxygens (including phenoxy) is 2. The van der Waals surface area contributed by atoms with Crippen LogP contribution >= 0.6 is 0 Å². The van der Waals surface area contributed by atoms with Crippen LogP contribution in [0.2, 0.25) is 0 Å². The minimum Gasteiger partial charge on any atom is -0.344 e. The van der Waals surface area contributed by atoms with Crippen molar-refractivity contribution in [3.63, 3.8) is 0 Å². The third-order valence-electron chi connectivity index (χ3n) is 2.20. The van der Waals surface area contributed by atoms with Crippen LogP contribution in [0.1, 0.15) is 12.8 Å². The summed E-state index contributed by atoms with van der Waals surface area (Å²) in [6, 6.07) is 0.188. The van der Waals surface area contributed by atoms with Gasteiger partial charge in [0.2, 0.25) is 0 Å². The normalized spacial score (nSPS) is 34.8. The lowest BCUT2D eigenvalue weighted by molar-refractivity contribution is -0.125. The van der Waals surface area contributed by atoms with Crippen LogP contribution in [0.5, 0.6) is 0 Å². The minimum absolute atomic E-state index is 0.188. The molecule has 62 valence electrons. The molecular weight excluding hydrogens is 142 g/mol. The van der Waals surface area contributed by atoms with E-state index in [1.54, 1.807) is 0 Å². The van der Waals surface area contributed by atoms with E-state index >= 15 is 0 Å². The van der Waals surface area contributed by atoms with Crippen LogP contribution in [0, 0.1) is 0 Å². The van der Waals surface area contributed by atoms with Gasteiger partial charge in [-0.25, -0.2) is 0 Å². The summed E-state index contributed by atoms with van der Waals surface area (Å²) in [7, 11) is 0. The zero-order valence-electron chi connectivity index (χ0n) is 6.45. The SMILES string of the molecule is NC1C=CC2(CC1)OCCO2. The lowest BCUT2D eigenvalue weighted by Crippen LogP contribution is -2.35. The van der Waals surface area contributed by atoms with Crippen molar-refractivity contribution in [3.8, 4) is 0 Å². The summed E-state index contributed by atoms with van der Waals surface area (Å²) in [4.78, 5) is 0. The number of hydrogen-bond acceptors (Lipinski definition) is 3. The van der Waals surface area contributed by atoms with E-state index in [-0.39, 0.29) is 6.04 Å². The molecule has 1 aliphatic heterocycles. The van der Waals surface area contributed by atoms with Crippen LogP contribution < -0.4 is 5.73 Å². The van der Waals surface area contributed by atoms with Gasteiger partial charge in [-0.05, 0) is 12.5 Å². The molecule has 0 bridgehead atoms. The summed E-state index contributed by atoms with van der Waals surface area (Å²) >= 11 is 0. The molecule has 0 amide bonds. The molecule has 0 aromatic carbocycles. The van der Waals surface area contributed by atoms with E-state index < -0.39 is 5.79 Å². The Bertz CT molecular complexity index is 173. The molecule has 3 heteroatoms. The van der Waals surface area contributed by atoms with Crippen molar-refractivity contribution in [2.45, 2.75) is 24.7 Å². The van der Waals surface area contributed by atoms with Gasteiger partial charge in [0.05, 0.1) is 13.2 Å². The molecular formula is C8H13NO2. The summed E-state index contributed by atoms with van der Waals surface area (Å²) in [6.07, 6.45) is 5.77. The van der Waals surface area contributed by atoms with Crippen molar-refractivity contribution in [2.75, 3.05) is 13.2 Å². The molecule has 11 heavy (non-hydrogen) atoms. The maximum atomic E-state index is 5.69. The predicted molar refractivity (Wildman–Crippen MR) is 41.0 cm³/mol. The Labute approximate surface area is 66.2 Å².